The molecule has 0 saturated carbocycles. The number of carbonyl (C=O) groups excluding carboxylic acids is 2. The van der Waals surface area contributed by atoms with Crippen molar-refractivity contribution in [1.82, 2.24) is 14.8 Å². The second kappa shape index (κ2) is 10.7. The Morgan fingerprint density at radius 1 is 1.14 bits per heavy atom. The number of hydrogen-bond donors (Lipinski definition) is 0. The van der Waals surface area contributed by atoms with Gasteiger partial charge in [0.2, 0.25) is 0 Å². The van der Waals surface area contributed by atoms with Gasteiger partial charge in [-0.2, -0.15) is 10.2 Å². The van der Waals surface area contributed by atoms with Crippen LogP contribution in [0.4, 0.5) is 10.1 Å². The summed E-state index contributed by atoms with van der Waals surface area (Å²) in [5.74, 6) is -1.61. The largest absolute Gasteiger partial charge is 0.447 e. The molecule has 35 heavy (non-hydrogen) atoms. The number of rotatable bonds is 8. The summed E-state index contributed by atoms with van der Waals surface area (Å²) in [6.07, 6.45) is -1.03. The Kier molecular flexibility index (Phi) is 7.28. The number of nitriles is 1. The molecule has 1 amide bonds. The van der Waals surface area contributed by atoms with Crippen LogP contribution >= 0.6 is 11.3 Å². The smallest absolute Gasteiger partial charge is 0.379 e. The average Bonchev–Trinajstić information content (AvgIpc) is 3.55. The standard InChI is InChI=1S/C25H20FN5O3S/c1-17(24(32)30(15-6-14-27)19-7-3-2-4-8-19)34-25(33)22-28-23(21-9-5-16-35-21)31(29-22)20-12-10-18(26)11-13-20/h2-5,7-13,16-17H,6,15H2,1H3. The molecule has 1 atom stereocenters. The molecule has 0 saturated heterocycles. The first-order chi connectivity index (χ1) is 17.0. The van der Waals surface area contributed by atoms with Gasteiger partial charge in [-0.3, -0.25) is 4.79 Å². The maximum Gasteiger partial charge on any atom is 0.379 e. The summed E-state index contributed by atoms with van der Waals surface area (Å²) in [4.78, 5) is 32.5. The molecule has 0 N–H and O–H groups in total. The van der Waals surface area contributed by atoms with E-state index in [0.717, 1.165) is 4.88 Å². The highest BCUT2D eigenvalue weighted by Gasteiger charge is 2.28. The van der Waals surface area contributed by atoms with E-state index in [1.54, 1.807) is 24.3 Å². The molecular weight excluding hydrogens is 469 g/mol. The third-order valence-electron chi connectivity index (χ3n) is 5.02. The molecule has 0 aliphatic carbocycles. The topological polar surface area (TPSA) is 101 Å². The lowest BCUT2D eigenvalue weighted by Crippen LogP contribution is -2.40. The zero-order valence-electron chi connectivity index (χ0n) is 18.7. The molecule has 1 unspecified atom stereocenters. The molecule has 2 aromatic carbocycles. The first-order valence-corrected chi connectivity index (χ1v) is 11.6. The molecule has 0 aliphatic heterocycles. The monoisotopic (exact) mass is 489 g/mol. The van der Waals surface area contributed by atoms with Crippen LogP contribution in [-0.2, 0) is 9.53 Å². The minimum atomic E-state index is -1.15. The lowest BCUT2D eigenvalue weighted by atomic mass is 10.2. The van der Waals surface area contributed by atoms with Gasteiger partial charge in [-0.05, 0) is 54.8 Å². The van der Waals surface area contributed by atoms with Crippen molar-refractivity contribution in [3.05, 3.63) is 83.8 Å². The van der Waals surface area contributed by atoms with Crippen LogP contribution in [0.3, 0.4) is 0 Å². The van der Waals surface area contributed by atoms with E-state index >= 15 is 0 Å². The zero-order valence-corrected chi connectivity index (χ0v) is 19.5. The van der Waals surface area contributed by atoms with Gasteiger partial charge in [-0.25, -0.2) is 13.9 Å². The van der Waals surface area contributed by atoms with Crippen molar-refractivity contribution in [1.29, 1.82) is 5.26 Å². The van der Waals surface area contributed by atoms with Crippen LogP contribution in [0.2, 0.25) is 0 Å². The third-order valence-corrected chi connectivity index (χ3v) is 5.88. The van der Waals surface area contributed by atoms with Gasteiger partial charge < -0.3 is 9.64 Å². The minimum absolute atomic E-state index is 0.120. The molecular formula is C25H20FN5O3S. The molecule has 2 heterocycles. The highest BCUT2D eigenvalue weighted by Crippen LogP contribution is 2.26. The number of amides is 1. The summed E-state index contributed by atoms with van der Waals surface area (Å²) < 4.78 is 20.3. The van der Waals surface area contributed by atoms with Gasteiger partial charge in [-0.1, -0.05) is 24.3 Å². The number of hydrogen-bond acceptors (Lipinski definition) is 7. The predicted molar refractivity (Wildman–Crippen MR) is 129 cm³/mol. The number of ether oxygens (including phenoxy) is 1. The number of carbonyl (C=O) groups is 2. The number of aromatic nitrogens is 3. The molecule has 4 rings (SSSR count). The average molecular weight is 490 g/mol. The van der Waals surface area contributed by atoms with Crippen molar-refractivity contribution in [2.45, 2.75) is 19.4 Å². The normalized spacial score (nSPS) is 11.5. The molecule has 0 radical (unpaired) electrons. The molecule has 0 spiro atoms. The lowest BCUT2D eigenvalue weighted by Gasteiger charge is -2.24. The van der Waals surface area contributed by atoms with Crippen LogP contribution < -0.4 is 4.90 Å². The predicted octanol–water partition coefficient (Wildman–Crippen LogP) is 4.63. The van der Waals surface area contributed by atoms with Crippen molar-refractivity contribution in [2.75, 3.05) is 11.4 Å². The fourth-order valence-electron chi connectivity index (χ4n) is 3.35. The van der Waals surface area contributed by atoms with E-state index in [2.05, 4.69) is 10.1 Å². The van der Waals surface area contributed by atoms with Crippen molar-refractivity contribution < 1.29 is 18.7 Å². The van der Waals surface area contributed by atoms with E-state index in [-0.39, 0.29) is 18.8 Å². The van der Waals surface area contributed by atoms with Crippen LogP contribution in [0.1, 0.15) is 24.0 Å². The molecule has 4 aromatic rings. The van der Waals surface area contributed by atoms with Crippen LogP contribution in [-0.4, -0.2) is 39.3 Å². The number of nitrogens with zero attached hydrogens (tertiary/aromatic N) is 5. The Bertz CT molecular complexity index is 1350. The molecule has 8 nitrogen and oxygen atoms in total. The van der Waals surface area contributed by atoms with Gasteiger partial charge in [-0.15, -0.1) is 16.4 Å². The summed E-state index contributed by atoms with van der Waals surface area (Å²) in [5, 5.41) is 15.1. The van der Waals surface area contributed by atoms with Gasteiger partial charge in [0.25, 0.3) is 11.7 Å². The number of anilines is 1. The van der Waals surface area contributed by atoms with E-state index in [1.165, 1.54) is 52.1 Å². The van der Waals surface area contributed by atoms with Gasteiger partial charge >= 0.3 is 5.97 Å². The Hall–Kier alpha value is -4.36. The van der Waals surface area contributed by atoms with E-state index in [9.17, 15) is 14.0 Å². The number of thiophene rings is 1. The Balaban J connectivity index is 1.58. The molecule has 2 aromatic heterocycles. The van der Waals surface area contributed by atoms with E-state index in [1.807, 2.05) is 29.6 Å². The second-order valence-corrected chi connectivity index (χ2v) is 8.35. The first kappa shape index (κ1) is 23.8. The van der Waals surface area contributed by atoms with Crippen LogP contribution in [0, 0.1) is 17.1 Å². The third kappa shape index (κ3) is 5.42. The highest BCUT2D eigenvalue weighted by molar-refractivity contribution is 7.13. The Morgan fingerprint density at radius 2 is 1.89 bits per heavy atom. The molecule has 0 fully saturated rings. The van der Waals surface area contributed by atoms with Crippen LogP contribution in [0.25, 0.3) is 16.4 Å². The van der Waals surface area contributed by atoms with Crippen molar-refractivity contribution in [3.63, 3.8) is 0 Å². The summed E-state index contributed by atoms with van der Waals surface area (Å²) in [6, 6.07) is 20.1. The highest BCUT2D eigenvalue weighted by atomic mass is 32.1. The summed E-state index contributed by atoms with van der Waals surface area (Å²) in [5.41, 5.74) is 1.10. The van der Waals surface area contributed by atoms with Crippen LogP contribution in [0.5, 0.6) is 0 Å². The van der Waals surface area contributed by atoms with Crippen LogP contribution in [0.15, 0.2) is 72.1 Å². The Morgan fingerprint density at radius 3 is 2.54 bits per heavy atom. The van der Waals surface area contributed by atoms with Crippen molar-refractivity contribution in [3.8, 4) is 22.5 Å². The SMILES string of the molecule is CC(OC(=O)c1nc(-c2cccs2)n(-c2ccc(F)cc2)n1)C(=O)N(CCC#N)c1ccccc1. The molecule has 0 bridgehead atoms. The lowest BCUT2D eigenvalue weighted by molar-refractivity contribution is -0.126. The number of halogens is 1. The molecule has 176 valence electrons. The molecule has 10 heteroatoms. The summed E-state index contributed by atoms with van der Waals surface area (Å²) >= 11 is 1.40. The van der Waals surface area contributed by atoms with Gasteiger partial charge in [0.1, 0.15) is 5.82 Å². The van der Waals surface area contributed by atoms with E-state index < -0.39 is 23.8 Å². The van der Waals surface area contributed by atoms with E-state index in [4.69, 9.17) is 10.00 Å². The van der Waals surface area contributed by atoms with E-state index in [0.29, 0.717) is 17.2 Å². The van der Waals surface area contributed by atoms with Gasteiger partial charge in [0.15, 0.2) is 11.9 Å². The Labute approximate surface area is 204 Å². The fourth-order valence-corrected chi connectivity index (χ4v) is 4.04. The van der Waals surface area contributed by atoms with Crippen molar-refractivity contribution in [2.24, 2.45) is 0 Å². The first-order valence-electron chi connectivity index (χ1n) is 10.7. The molecule has 0 aliphatic rings. The fraction of sp³-hybridized carbons (Fsp3) is 0.160. The van der Waals surface area contributed by atoms with Gasteiger partial charge in [0.05, 0.1) is 23.1 Å². The maximum absolute atomic E-state index is 13.4. The zero-order chi connectivity index (χ0) is 24.8. The summed E-state index contributed by atoms with van der Waals surface area (Å²) in [7, 11) is 0. The van der Waals surface area contributed by atoms with Gasteiger partial charge in [0, 0.05) is 12.2 Å². The second-order valence-electron chi connectivity index (χ2n) is 7.41. The van der Waals surface area contributed by atoms with Crippen molar-refractivity contribution >= 4 is 28.9 Å². The number of para-hydroxylation sites is 1. The number of esters is 1. The number of benzene rings is 2. The maximum atomic E-state index is 13.4. The summed E-state index contributed by atoms with van der Waals surface area (Å²) in [6.45, 7) is 1.61. The minimum Gasteiger partial charge on any atom is -0.447 e. The quantitative estimate of drug-likeness (QED) is 0.335.